The van der Waals surface area contributed by atoms with E-state index < -0.39 is 0 Å². The van der Waals surface area contributed by atoms with Gasteiger partial charge in [-0.05, 0) is 12.3 Å². The topological polar surface area (TPSA) is 0 Å². The molecular formula is C10H9ClS2. The third-order valence-electron chi connectivity index (χ3n) is 1.88. The monoisotopic (exact) mass is 228 g/mol. The summed E-state index contributed by atoms with van der Waals surface area (Å²) < 4.78 is 1.29. The Labute approximate surface area is 90.9 Å². The quantitative estimate of drug-likeness (QED) is 0.734. The molecule has 0 fully saturated rings. The van der Waals surface area contributed by atoms with Gasteiger partial charge in [0.05, 0.1) is 5.02 Å². The Morgan fingerprint density at radius 3 is 2.85 bits per heavy atom. The van der Waals surface area contributed by atoms with Gasteiger partial charge in [-0.3, -0.25) is 0 Å². The molecule has 0 saturated carbocycles. The highest BCUT2D eigenvalue weighted by Gasteiger charge is 2.08. The predicted octanol–water partition coefficient (Wildman–Crippen LogP) is 4.42. The zero-order chi connectivity index (χ0) is 9.26. The van der Waals surface area contributed by atoms with Crippen molar-refractivity contribution in [3.05, 3.63) is 34.2 Å². The Balaban J connectivity index is 2.60. The SMILES string of the molecule is CSCc1sc2ccccc2c1Cl. The fourth-order valence-electron chi connectivity index (χ4n) is 1.29. The van der Waals surface area contributed by atoms with E-state index in [1.54, 1.807) is 11.3 Å². The van der Waals surface area contributed by atoms with Crippen LogP contribution in [0.2, 0.25) is 5.02 Å². The van der Waals surface area contributed by atoms with Gasteiger partial charge in [0.2, 0.25) is 0 Å². The summed E-state index contributed by atoms with van der Waals surface area (Å²) in [4.78, 5) is 1.29. The number of thioether (sulfide) groups is 1. The van der Waals surface area contributed by atoms with Crippen LogP contribution in [0.1, 0.15) is 4.88 Å². The van der Waals surface area contributed by atoms with Crippen molar-refractivity contribution in [2.24, 2.45) is 0 Å². The molecule has 0 radical (unpaired) electrons. The molecule has 2 aromatic rings. The molecule has 3 heteroatoms. The van der Waals surface area contributed by atoms with Crippen molar-refractivity contribution in [2.45, 2.75) is 5.75 Å². The van der Waals surface area contributed by atoms with Crippen molar-refractivity contribution in [3.63, 3.8) is 0 Å². The van der Waals surface area contributed by atoms with Gasteiger partial charge in [-0.1, -0.05) is 29.8 Å². The lowest BCUT2D eigenvalue weighted by Gasteiger charge is -1.91. The second-order valence-corrected chi connectivity index (χ2v) is 5.15. The summed E-state index contributed by atoms with van der Waals surface area (Å²) in [5.41, 5.74) is 0. The van der Waals surface area contributed by atoms with Crippen molar-refractivity contribution >= 4 is 44.8 Å². The Morgan fingerprint density at radius 2 is 2.15 bits per heavy atom. The van der Waals surface area contributed by atoms with Crippen LogP contribution in [0.5, 0.6) is 0 Å². The zero-order valence-corrected chi connectivity index (χ0v) is 9.60. The molecule has 0 aliphatic carbocycles. The van der Waals surface area contributed by atoms with Gasteiger partial charge < -0.3 is 0 Å². The third-order valence-corrected chi connectivity index (χ3v) is 4.35. The van der Waals surface area contributed by atoms with Crippen LogP contribution >= 0.6 is 34.7 Å². The smallest absolute Gasteiger partial charge is 0.0632 e. The number of fused-ring (bicyclic) bond motifs is 1. The highest BCUT2D eigenvalue weighted by Crippen LogP contribution is 2.36. The van der Waals surface area contributed by atoms with Crippen LogP contribution in [-0.2, 0) is 5.75 Å². The minimum atomic E-state index is 0.940. The zero-order valence-electron chi connectivity index (χ0n) is 7.21. The first-order valence-corrected chi connectivity index (χ1v) is 6.56. The number of benzene rings is 1. The van der Waals surface area contributed by atoms with E-state index in [4.69, 9.17) is 11.6 Å². The summed E-state index contributed by atoms with van der Waals surface area (Å²) in [5, 5.41) is 2.13. The maximum Gasteiger partial charge on any atom is 0.0632 e. The molecule has 0 saturated heterocycles. The van der Waals surface area contributed by atoms with E-state index in [-0.39, 0.29) is 0 Å². The van der Waals surface area contributed by atoms with Crippen LogP contribution in [0.4, 0.5) is 0 Å². The molecule has 0 N–H and O–H groups in total. The molecule has 0 nitrogen and oxygen atoms in total. The normalized spacial score (nSPS) is 10.9. The maximum absolute atomic E-state index is 6.23. The number of thiophene rings is 1. The molecule has 0 unspecified atom stereocenters. The second-order valence-electron chi connectivity index (χ2n) is 2.77. The molecule has 2 rings (SSSR count). The molecule has 0 spiro atoms. The lowest BCUT2D eigenvalue weighted by molar-refractivity contribution is 1.56. The van der Waals surface area contributed by atoms with Crippen molar-refractivity contribution in [3.8, 4) is 0 Å². The molecule has 0 atom stereocenters. The van der Waals surface area contributed by atoms with Crippen LogP contribution in [0.25, 0.3) is 10.1 Å². The third kappa shape index (κ3) is 1.71. The van der Waals surface area contributed by atoms with Crippen molar-refractivity contribution in [1.82, 2.24) is 0 Å². The van der Waals surface area contributed by atoms with Gasteiger partial charge in [-0.2, -0.15) is 11.8 Å². The summed E-state index contributed by atoms with van der Waals surface area (Å²) in [6.07, 6.45) is 2.10. The van der Waals surface area contributed by atoms with E-state index in [0.29, 0.717) is 0 Å². The Kier molecular flexibility index (Phi) is 2.82. The van der Waals surface area contributed by atoms with E-state index in [9.17, 15) is 0 Å². The van der Waals surface area contributed by atoms with Gasteiger partial charge in [-0.15, -0.1) is 11.3 Å². The first-order valence-electron chi connectivity index (χ1n) is 3.98. The summed E-state index contributed by atoms with van der Waals surface area (Å²) in [6, 6.07) is 8.29. The molecule has 68 valence electrons. The van der Waals surface area contributed by atoms with E-state index in [1.807, 2.05) is 17.8 Å². The van der Waals surface area contributed by atoms with Crippen molar-refractivity contribution < 1.29 is 0 Å². The van der Waals surface area contributed by atoms with E-state index in [2.05, 4.69) is 24.5 Å². The largest absolute Gasteiger partial charge is 0.160 e. The first-order chi connectivity index (χ1) is 6.33. The minimum Gasteiger partial charge on any atom is -0.160 e. The van der Waals surface area contributed by atoms with Crippen LogP contribution in [0, 0.1) is 0 Å². The summed E-state index contributed by atoms with van der Waals surface area (Å²) >= 11 is 9.84. The molecule has 1 aromatic carbocycles. The molecule has 0 aliphatic rings. The van der Waals surface area contributed by atoms with Crippen LogP contribution in [0.3, 0.4) is 0 Å². The van der Waals surface area contributed by atoms with Crippen molar-refractivity contribution in [1.29, 1.82) is 0 Å². The number of hydrogen-bond donors (Lipinski definition) is 0. The fourth-order valence-corrected chi connectivity index (χ4v) is 3.66. The molecule has 1 aromatic heterocycles. The highest BCUT2D eigenvalue weighted by atomic mass is 35.5. The Bertz CT molecular complexity index is 420. The van der Waals surface area contributed by atoms with E-state index in [0.717, 1.165) is 10.8 Å². The number of halogens is 1. The van der Waals surface area contributed by atoms with Crippen LogP contribution in [0.15, 0.2) is 24.3 Å². The summed E-state index contributed by atoms with van der Waals surface area (Å²) in [7, 11) is 0. The van der Waals surface area contributed by atoms with Gasteiger partial charge in [-0.25, -0.2) is 0 Å². The average Bonchev–Trinajstić information content (AvgIpc) is 2.46. The lowest BCUT2D eigenvalue weighted by atomic mass is 10.2. The Morgan fingerprint density at radius 1 is 1.38 bits per heavy atom. The maximum atomic E-state index is 6.23. The minimum absolute atomic E-state index is 0.940. The lowest BCUT2D eigenvalue weighted by Crippen LogP contribution is -1.71. The van der Waals surface area contributed by atoms with Crippen LogP contribution in [-0.4, -0.2) is 6.26 Å². The molecular weight excluding hydrogens is 220 g/mol. The number of rotatable bonds is 2. The summed E-state index contributed by atoms with van der Waals surface area (Å²) in [6.45, 7) is 0. The van der Waals surface area contributed by atoms with Gasteiger partial charge in [0.15, 0.2) is 0 Å². The highest BCUT2D eigenvalue weighted by molar-refractivity contribution is 7.97. The molecule has 0 amide bonds. The number of hydrogen-bond acceptors (Lipinski definition) is 2. The Hall–Kier alpha value is -0.180. The standard InChI is InChI=1S/C10H9ClS2/c1-12-6-9-10(11)7-4-2-3-5-8(7)13-9/h2-5H,6H2,1H3. The second kappa shape index (κ2) is 3.91. The molecule has 13 heavy (non-hydrogen) atoms. The van der Waals surface area contributed by atoms with Gasteiger partial charge in [0.25, 0.3) is 0 Å². The molecule has 0 aliphatic heterocycles. The first kappa shape index (κ1) is 9.38. The van der Waals surface area contributed by atoms with E-state index in [1.165, 1.54) is 15.0 Å². The average molecular weight is 229 g/mol. The van der Waals surface area contributed by atoms with Gasteiger partial charge in [0, 0.05) is 20.7 Å². The van der Waals surface area contributed by atoms with Gasteiger partial charge >= 0.3 is 0 Å². The molecule has 1 heterocycles. The summed E-state index contributed by atoms with van der Waals surface area (Å²) in [5.74, 6) is 1.01. The fraction of sp³-hybridized carbons (Fsp3) is 0.200. The van der Waals surface area contributed by atoms with Crippen molar-refractivity contribution in [2.75, 3.05) is 6.26 Å². The van der Waals surface area contributed by atoms with Crippen LogP contribution < -0.4 is 0 Å². The van der Waals surface area contributed by atoms with E-state index >= 15 is 0 Å². The molecule has 0 bridgehead atoms. The predicted molar refractivity (Wildman–Crippen MR) is 64.1 cm³/mol. The van der Waals surface area contributed by atoms with Gasteiger partial charge in [0.1, 0.15) is 0 Å².